The normalized spacial score (nSPS) is 10.5. The molecule has 1 amide bonds. The van der Waals surface area contributed by atoms with E-state index < -0.39 is 0 Å². The molecular weight excluding hydrogens is 276 g/mol. The zero-order chi connectivity index (χ0) is 15.8. The van der Waals surface area contributed by atoms with Gasteiger partial charge in [0.25, 0.3) is 5.91 Å². The molecule has 2 rings (SSSR count). The third-order valence-electron chi connectivity index (χ3n) is 3.21. The van der Waals surface area contributed by atoms with Crippen LogP contribution in [0.3, 0.4) is 0 Å². The second-order valence-electron chi connectivity index (χ2n) is 5.58. The van der Waals surface area contributed by atoms with Crippen molar-refractivity contribution in [3.8, 4) is 0 Å². The Bertz CT molecular complexity index is 599. The molecule has 0 unspecified atom stereocenters. The Hall–Kier alpha value is -2.43. The molecule has 5 nitrogen and oxygen atoms in total. The van der Waals surface area contributed by atoms with E-state index in [1.807, 2.05) is 24.3 Å². The molecule has 0 radical (unpaired) electrons. The SMILES string of the molecule is CC(C)CCNc1cncc(C(=O)NCc2ccccn2)c1. The Kier molecular flexibility index (Phi) is 5.89. The van der Waals surface area contributed by atoms with Crippen molar-refractivity contribution in [1.82, 2.24) is 15.3 Å². The van der Waals surface area contributed by atoms with Crippen LogP contribution in [0, 0.1) is 5.92 Å². The molecule has 2 aromatic rings. The van der Waals surface area contributed by atoms with Gasteiger partial charge in [-0.1, -0.05) is 19.9 Å². The molecule has 2 N–H and O–H groups in total. The van der Waals surface area contributed by atoms with Crippen molar-refractivity contribution in [1.29, 1.82) is 0 Å². The van der Waals surface area contributed by atoms with Gasteiger partial charge in [-0.25, -0.2) is 0 Å². The van der Waals surface area contributed by atoms with Crippen LogP contribution in [0.25, 0.3) is 0 Å². The van der Waals surface area contributed by atoms with Crippen molar-refractivity contribution >= 4 is 11.6 Å². The Morgan fingerprint density at radius 1 is 1.27 bits per heavy atom. The number of carbonyl (C=O) groups excluding carboxylic acids is 1. The average molecular weight is 298 g/mol. The predicted octanol–water partition coefficient (Wildman–Crippen LogP) is 2.86. The largest absolute Gasteiger partial charge is 0.384 e. The lowest BCUT2D eigenvalue weighted by Crippen LogP contribution is -2.23. The fourth-order valence-electron chi connectivity index (χ4n) is 1.94. The second kappa shape index (κ2) is 8.12. The summed E-state index contributed by atoms with van der Waals surface area (Å²) in [7, 11) is 0. The standard InChI is InChI=1S/C17H22N4O/c1-13(2)6-8-20-16-9-14(10-18-11-16)17(22)21-12-15-5-3-4-7-19-15/h3-5,7,9-11,13,20H,6,8,12H2,1-2H3,(H,21,22). The highest BCUT2D eigenvalue weighted by molar-refractivity contribution is 5.94. The number of aromatic nitrogens is 2. The molecule has 0 fully saturated rings. The number of amides is 1. The van der Waals surface area contributed by atoms with Crippen LogP contribution in [0.4, 0.5) is 5.69 Å². The van der Waals surface area contributed by atoms with Gasteiger partial charge in [0.15, 0.2) is 0 Å². The molecule has 0 saturated carbocycles. The summed E-state index contributed by atoms with van der Waals surface area (Å²) >= 11 is 0. The smallest absolute Gasteiger partial charge is 0.253 e. The van der Waals surface area contributed by atoms with Gasteiger partial charge in [-0.3, -0.25) is 14.8 Å². The molecule has 0 aliphatic carbocycles. The van der Waals surface area contributed by atoms with Gasteiger partial charge in [0, 0.05) is 25.1 Å². The fraction of sp³-hybridized carbons (Fsp3) is 0.353. The lowest BCUT2D eigenvalue weighted by molar-refractivity contribution is 0.0950. The summed E-state index contributed by atoms with van der Waals surface area (Å²) in [6.45, 7) is 5.64. The van der Waals surface area contributed by atoms with Gasteiger partial charge in [0.1, 0.15) is 0 Å². The number of hydrogen-bond acceptors (Lipinski definition) is 4. The first-order valence-electron chi connectivity index (χ1n) is 7.52. The summed E-state index contributed by atoms with van der Waals surface area (Å²) in [4.78, 5) is 20.4. The van der Waals surface area contributed by atoms with Crippen LogP contribution in [0.15, 0.2) is 42.9 Å². The molecule has 0 spiro atoms. The third-order valence-corrected chi connectivity index (χ3v) is 3.21. The minimum Gasteiger partial charge on any atom is -0.384 e. The molecule has 2 aromatic heterocycles. The highest BCUT2D eigenvalue weighted by Crippen LogP contribution is 2.09. The minimum atomic E-state index is -0.148. The van der Waals surface area contributed by atoms with E-state index in [1.54, 1.807) is 18.6 Å². The Balaban J connectivity index is 1.89. The summed E-state index contributed by atoms with van der Waals surface area (Å²) in [5.74, 6) is 0.496. The number of hydrogen-bond donors (Lipinski definition) is 2. The number of anilines is 1. The van der Waals surface area contributed by atoms with Crippen LogP contribution in [-0.2, 0) is 6.54 Å². The summed E-state index contributed by atoms with van der Waals surface area (Å²) in [6.07, 6.45) is 6.09. The number of carbonyl (C=O) groups is 1. The fourth-order valence-corrected chi connectivity index (χ4v) is 1.94. The maximum atomic E-state index is 12.1. The zero-order valence-electron chi connectivity index (χ0n) is 13.0. The van der Waals surface area contributed by atoms with Crippen LogP contribution in [0.5, 0.6) is 0 Å². The summed E-state index contributed by atoms with van der Waals surface area (Å²) in [5, 5.41) is 6.14. The van der Waals surface area contributed by atoms with Gasteiger partial charge in [0.2, 0.25) is 0 Å². The first-order chi connectivity index (χ1) is 10.6. The van der Waals surface area contributed by atoms with Gasteiger partial charge >= 0.3 is 0 Å². The summed E-state index contributed by atoms with van der Waals surface area (Å²) in [6, 6.07) is 7.44. The first kappa shape index (κ1) is 15.9. The summed E-state index contributed by atoms with van der Waals surface area (Å²) < 4.78 is 0. The molecule has 0 bridgehead atoms. The van der Waals surface area contributed by atoms with E-state index >= 15 is 0 Å². The molecule has 0 aliphatic heterocycles. The van der Waals surface area contributed by atoms with E-state index in [1.165, 1.54) is 0 Å². The van der Waals surface area contributed by atoms with Gasteiger partial charge in [-0.15, -0.1) is 0 Å². The van der Waals surface area contributed by atoms with Gasteiger partial charge in [0.05, 0.1) is 23.5 Å². The molecule has 0 saturated heterocycles. The molecule has 0 atom stereocenters. The van der Waals surface area contributed by atoms with Crippen LogP contribution >= 0.6 is 0 Å². The van der Waals surface area contributed by atoms with Crippen molar-refractivity contribution in [2.75, 3.05) is 11.9 Å². The molecule has 2 heterocycles. The van der Waals surface area contributed by atoms with Crippen LogP contribution in [-0.4, -0.2) is 22.4 Å². The van der Waals surface area contributed by atoms with E-state index in [-0.39, 0.29) is 5.91 Å². The maximum Gasteiger partial charge on any atom is 0.253 e. The number of nitrogens with zero attached hydrogens (tertiary/aromatic N) is 2. The number of nitrogens with one attached hydrogen (secondary N) is 2. The Morgan fingerprint density at radius 2 is 2.14 bits per heavy atom. The first-order valence-corrected chi connectivity index (χ1v) is 7.52. The maximum absolute atomic E-state index is 12.1. The molecule has 22 heavy (non-hydrogen) atoms. The topological polar surface area (TPSA) is 66.9 Å². The number of pyridine rings is 2. The zero-order valence-corrected chi connectivity index (χ0v) is 13.0. The van der Waals surface area contributed by atoms with E-state index in [0.29, 0.717) is 18.0 Å². The van der Waals surface area contributed by atoms with E-state index in [0.717, 1.165) is 24.3 Å². The lowest BCUT2D eigenvalue weighted by Gasteiger charge is -2.09. The molecule has 0 aromatic carbocycles. The average Bonchev–Trinajstić information content (AvgIpc) is 2.53. The monoisotopic (exact) mass is 298 g/mol. The van der Waals surface area contributed by atoms with Gasteiger partial charge in [-0.05, 0) is 30.5 Å². The molecular formula is C17H22N4O. The molecule has 116 valence electrons. The minimum absolute atomic E-state index is 0.148. The highest BCUT2D eigenvalue weighted by atomic mass is 16.1. The summed E-state index contributed by atoms with van der Waals surface area (Å²) in [5.41, 5.74) is 2.24. The molecule has 0 aliphatic rings. The third kappa shape index (κ3) is 5.16. The van der Waals surface area contributed by atoms with Crippen molar-refractivity contribution in [3.63, 3.8) is 0 Å². The number of rotatable bonds is 7. The van der Waals surface area contributed by atoms with Gasteiger partial charge < -0.3 is 10.6 Å². The van der Waals surface area contributed by atoms with E-state index in [9.17, 15) is 4.79 Å². The molecule has 5 heteroatoms. The lowest BCUT2D eigenvalue weighted by atomic mass is 10.1. The highest BCUT2D eigenvalue weighted by Gasteiger charge is 2.07. The predicted molar refractivity (Wildman–Crippen MR) is 87.6 cm³/mol. The second-order valence-corrected chi connectivity index (χ2v) is 5.58. The van der Waals surface area contributed by atoms with Gasteiger partial charge in [-0.2, -0.15) is 0 Å². The Labute approximate surface area is 131 Å². The quantitative estimate of drug-likeness (QED) is 0.825. The van der Waals surface area contributed by atoms with Crippen molar-refractivity contribution in [2.45, 2.75) is 26.8 Å². The Morgan fingerprint density at radius 3 is 2.86 bits per heavy atom. The van der Waals surface area contributed by atoms with Crippen LogP contribution < -0.4 is 10.6 Å². The van der Waals surface area contributed by atoms with Crippen molar-refractivity contribution in [3.05, 3.63) is 54.1 Å². The van der Waals surface area contributed by atoms with Crippen LogP contribution in [0.1, 0.15) is 36.3 Å². The van der Waals surface area contributed by atoms with Crippen LogP contribution in [0.2, 0.25) is 0 Å². The van der Waals surface area contributed by atoms with Crippen molar-refractivity contribution < 1.29 is 4.79 Å². The van der Waals surface area contributed by atoms with E-state index in [2.05, 4.69) is 34.4 Å². The van der Waals surface area contributed by atoms with Crippen molar-refractivity contribution in [2.24, 2.45) is 5.92 Å². The van der Waals surface area contributed by atoms with E-state index in [4.69, 9.17) is 0 Å².